The molecule has 4 aromatic rings. The average Bonchev–Trinajstić information content (AvgIpc) is 3.09. The molecule has 0 aliphatic carbocycles. The SMILES string of the molecule is CCCNC(=O)[C@@H](Cc1ccccc1)N(Cc1ccccc1F)C(=O)CN(c1ccc(F)cc1)S(=O)(=O)c1ccc2c(c1)OCCO2. The van der Waals surface area contributed by atoms with Crippen LogP contribution in [0.1, 0.15) is 24.5 Å². The van der Waals surface area contributed by atoms with Crippen molar-refractivity contribution >= 4 is 27.5 Å². The zero-order valence-corrected chi connectivity index (χ0v) is 26.6. The lowest BCUT2D eigenvalue weighted by atomic mass is 10.0. The van der Waals surface area contributed by atoms with Crippen LogP contribution in [-0.4, -0.2) is 57.5 Å². The maximum absolute atomic E-state index is 15.0. The van der Waals surface area contributed by atoms with E-state index in [2.05, 4.69) is 5.32 Å². The van der Waals surface area contributed by atoms with E-state index in [4.69, 9.17) is 9.47 Å². The third-order valence-corrected chi connectivity index (χ3v) is 9.38. The van der Waals surface area contributed by atoms with Gasteiger partial charge in [-0.15, -0.1) is 0 Å². The van der Waals surface area contributed by atoms with Gasteiger partial charge >= 0.3 is 0 Å². The Labute approximate surface area is 272 Å². The molecule has 0 unspecified atom stereocenters. The molecule has 0 saturated carbocycles. The van der Waals surface area contributed by atoms with E-state index < -0.39 is 46.1 Å². The third-order valence-electron chi connectivity index (χ3n) is 7.61. The molecule has 0 aromatic heterocycles. The molecule has 1 aliphatic rings. The topological polar surface area (TPSA) is 105 Å². The highest BCUT2D eigenvalue weighted by molar-refractivity contribution is 7.92. The maximum atomic E-state index is 15.0. The molecule has 246 valence electrons. The Morgan fingerprint density at radius 3 is 2.26 bits per heavy atom. The number of hydrogen-bond acceptors (Lipinski definition) is 6. The molecule has 0 spiro atoms. The predicted molar refractivity (Wildman–Crippen MR) is 173 cm³/mol. The first kappa shape index (κ1) is 33.4. The van der Waals surface area contributed by atoms with E-state index in [-0.39, 0.29) is 41.5 Å². The highest BCUT2D eigenvalue weighted by atomic mass is 32.2. The van der Waals surface area contributed by atoms with Crippen LogP contribution in [0.4, 0.5) is 14.5 Å². The number of sulfonamides is 1. The highest BCUT2D eigenvalue weighted by Crippen LogP contribution is 2.34. The monoisotopic (exact) mass is 663 g/mol. The van der Waals surface area contributed by atoms with Crippen molar-refractivity contribution in [2.24, 2.45) is 0 Å². The quantitative estimate of drug-likeness (QED) is 0.214. The summed E-state index contributed by atoms with van der Waals surface area (Å²) in [5, 5.41) is 2.84. The molecule has 0 fully saturated rings. The molecule has 9 nitrogen and oxygen atoms in total. The second-order valence-corrected chi connectivity index (χ2v) is 12.8. The number of benzene rings is 4. The first-order chi connectivity index (χ1) is 22.7. The standard InChI is InChI=1S/C35H35F2N3O6S/c1-2-18-38-35(42)31(21-25-8-4-3-5-9-25)39(23-26-10-6-7-11-30(26)37)34(41)24-40(28-14-12-27(36)13-15-28)47(43,44)29-16-17-32-33(22-29)46-20-19-45-32/h3-17,22,31H,2,18-21,23-24H2,1H3,(H,38,42)/t31-/m1/s1. The number of rotatable bonds is 13. The number of amides is 2. The van der Waals surface area contributed by atoms with Gasteiger partial charge in [-0.3, -0.25) is 13.9 Å². The summed E-state index contributed by atoms with van der Waals surface area (Å²) in [5.41, 5.74) is 0.899. The van der Waals surface area contributed by atoms with Crippen molar-refractivity contribution in [3.05, 3.63) is 120 Å². The minimum absolute atomic E-state index is 0.00975. The molecule has 0 saturated heterocycles. The molecule has 5 rings (SSSR count). The summed E-state index contributed by atoms with van der Waals surface area (Å²) >= 11 is 0. The Bertz CT molecular complexity index is 1810. The maximum Gasteiger partial charge on any atom is 0.264 e. The molecule has 4 aromatic carbocycles. The van der Waals surface area contributed by atoms with Gasteiger partial charge in [0.2, 0.25) is 11.8 Å². The summed E-state index contributed by atoms with van der Waals surface area (Å²) < 4.78 is 69.4. The number of nitrogens with one attached hydrogen (secondary N) is 1. The fourth-order valence-electron chi connectivity index (χ4n) is 5.18. The van der Waals surface area contributed by atoms with Crippen LogP contribution in [0.25, 0.3) is 0 Å². The van der Waals surface area contributed by atoms with Crippen LogP contribution in [0.3, 0.4) is 0 Å². The molecular formula is C35H35F2N3O6S. The van der Waals surface area contributed by atoms with Crippen LogP contribution in [-0.2, 0) is 32.6 Å². The van der Waals surface area contributed by atoms with E-state index in [1.807, 2.05) is 25.1 Å². The fourth-order valence-corrected chi connectivity index (χ4v) is 6.61. The molecule has 1 N–H and O–H groups in total. The summed E-state index contributed by atoms with van der Waals surface area (Å²) in [5.74, 6) is -1.84. The summed E-state index contributed by atoms with van der Waals surface area (Å²) in [4.78, 5) is 29.1. The Hall–Kier alpha value is -4.97. The van der Waals surface area contributed by atoms with Crippen molar-refractivity contribution in [2.75, 3.05) is 30.6 Å². The number of carbonyl (C=O) groups excluding carboxylic acids is 2. The van der Waals surface area contributed by atoms with Crippen LogP contribution in [0.15, 0.2) is 102 Å². The number of ether oxygens (including phenoxy) is 2. The van der Waals surface area contributed by atoms with E-state index in [9.17, 15) is 22.4 Å². The lowest BCUT2D eigenvalue weighted by Gasteiger charge is -2.34. The molecule has 1 heterocycles. The number of nitrogens with zero attached hydrogens (tertiary/aromatic N) is 2. The van der Waals surface area contributed by atoms with Crippen molar-refractivity contribution in [3.8, 4) is 11.5 Å². The van der Waals surface area contributed by atoms with Crippen molar-refractivity contribution in [1.82, 2.24) is 10.2 Å². The van der Waals surface area contributed by atoms with Crippen LogP contribution in [0.2, 0.25) is 0 Å². The van der Waals surface area contributed by atoms with Gasteiger partial charge in [0.1, 0.15) is 37.4 Å². The van der Waals surface area contributed by atoms with E-state index in [1.54, 1.807) is 18.2 Å². The Kier molecular flexibility index (Phi) is 10.7. The fraction of sp³-hybridized carbons (Fsp3) is 0.257. The van der Waals surface area contributed by atoms with Crippen LogP contribution < -0.4 is 19.1 Å². The number of hydrogen-bond donors (Lipinski definition) is 1. The van der Waals surface area contributed by atoms with Crippen molar-refractivity contribution in [3.63, 3.8) is 0 Å². The van der Waals surface area contributed by atoms with E-state index in [1.165, 1.54) is 53.4 Å². The Morgan fingerprint density at radius 2 is 1.55 bits per heavy atom. The van der Waals surface area contributed by atoms with Crippen molar-refractivity contribution in [2.45, 2.75) is 37.2 Å². The van der Waals surface area contributed by atoms with Gasteiger partial charge in [0.15, 0.2) is 11.5 Å². The van der Waals surface area contributed by atoms with Gasteiger partial charge in [-0.2, -0.15) is 0 Å². The summed E-state index contributed by atoms with van der Waals surface area (Å²) in [7, 11) is -4.48. The number of fused-ring (bicyclic) bond motifs is 1. The molecule has 1 atom stereocenters. The van der Waals surface area contributed by atoms with Gasteiger partial charge in [-0.05, 0) is 54.4 Å². The molecule has 12 heteroatoms. The number of halogens is 2. The largest absolute Gasteiger partial charge is 0.486 e. The minimum Gasteiger partial charge on any atom is -0.486 e. The zero-order chi connectivity index (χ0) is 33.4. The van der Waals surface area contributed by atoms with Crippen LogP contribution in [0, 0.1) is 11.6 Å². The second kappa shape index (κ2) is 15.1. The summed E-state index contributed by atoms with van der Waals surface area (Å²) in [6, 6.07) is 22.5. The Morgan fingerprint density at radius 1 is 0.872 bits per heavy atom. The second-order valence-electron chi connectivity index (χ2n) is 10.9. The number of anilines is 1. The van der Waals surface area contributed by atoms with Gasteiger partial charge in [0, 0.05) is 31.1 Å². The number of carbonyl (C=O) groups is 2. The third kappa shape index (κ3) is 8.07. The zero-order valence-electron chi connectivity index (χ0n) is 25.8. The van der Waals surface area contributed by atoms with Crippen LogP contribution >= 0.6 is 0 Å². The molecule has 47 heavy (non-hydrogen) atoms. The van der Waals surface area contributed by atoms with Gasteiger partial charge < -0.3 is 19.7 Å². The lowest BCUT2D eigenvalue weighted by molar-refractivity contribution is -0.140. The average molecular weight is 664 g/mol. The first-order valence-electron chi connectivity index (χ1n) is 15.2. The molecule has 2 amide bonds. The Balaban J connectivity index is 1.57. The molecular weight excluding hydrogens is 628 g/mol. The van der Waals surface area contributed by atoms with E-state index in [0.29, 0.717) is 25.3 Å². The summed E-state index contributed by atoms with van der Waals surface area (Å²) in [6.07, 6.45) is 0.721. The van der Waals surface area contributed by atoms with E-state index >= 15 is 4.39 Å². The van der Waals surface area contributed by atoms with Gasteiger partial charge in [0.05, 0.1) is 10.6 Å². The molecule has 0 bridgehead atoms. The van der Waals surface area contributed by atoms with Crippen molar-refractivity contribution in [1.29, 1.82) is 0 Å². The minimum atomic E-state index is -4.48. The van der Waals surface area contributed by atoms with Crippen molar-refractivity contribution < 1.29 is 36.3 Å². The smallest absolute Gasteiger partial charge is 0.264 e. The van der Waals surface area contributed by atoms with Gasteiger partial charge in [-0.1, -0.05) is 55.5 Å². The van der Waals surface area contributed by atoms with Crippen LogP contribution in [0.5, 0.6) is 11.5 Å². The molecule has 1 aliphatic heterocycles. The normalized spacial score (nSPS) is 13.0. The van der Waals surface area contributed by atoms with E-state index in [0.717, 1.165) is 22.0 Å². The predicted octanol–water partition coefficient (Wildman–Crippen LogP) is 5.10. The highest BCUT2D eigenvalue weighted by Gasteiger charge is 2.35. The van der Waals surface area contributed by atoms with Gasteiger partial charge in [-0.25, -0.2) is 17.2 Å². The summed E-state index contributed by atoms with van der Waals surface area (Å²) in [6.45, 7) is 1.67. The first-order valence-corrected chi connectivity index (χ1v) is 16.6. The van der Waals surface area contributed by atoms with Gasteiger partial charge in [0.25, 0.3) is 10.0 Å². The lowest BCUT2D eigenvalue weighted by Crippen LogP contribution is -2.53. The molecule has 0 radical (unpaired) electrons.